The lowest BCUT2D eigenvalue weighted by atomic mass is 10.1. The van der Waals surface area contributed by atoms with Crippen molar-refractivity contribution < 1.29 is 32.6 Å². The molecule has 0 aromatic heterocycles. The Morgan fingerprint density at radius 1 is 1.36 bits per heavy atom. The summed E-state index contributed by atoms with van der Waals surface area (Å²) in [5.41, 5.74) is -0.437. The van der Waals surface area contributed by atoms with E-state index in [1.54, 1.807) is 0 Å². The molecule has 0 radical (unpaired) electrons. The maximum atomic E-state index is 12.3. The van der Waals surface area contributed by atoms with Gasteiger partial charge in [-0.1, -0.05) is 11.8 Å². The molecule has 0 aliphatic carbocycles. The molecule has 0 heterocycles. The van der Waals surface area contributed by atoms with Crippen LogP contribution in [0.3, 0.4) is 0 Å². The van der Waals surface area contributed by atoms with Gasteiger partial charge in [-0.05, 0) is 18.2 Å². The molecule has 0 aliphatic rings. The molecule has 0 fully saturated rings. The SMILES string of the molecule is CC(=O)NCCC#Cc1ccc(C(=O)O)c(OC(F)(F)F)c1. The Bertz CT molecular complexity index is 629. The van der Waals surface area contributed by atoms with E-state index >= 15 is 0 Å². The normalized spacial score (nSPS) is 10.4. The largest absolute Gasteiger partial charge is 0.573 e. The average Bonchev–Trinajstić information content (AvgIpc) is 2.35. The van der Waals surface area contributed by atoms with Crippen LogP contribution in [-0.2, 0) is 4.79 Å². The fourth-order valence-electron chi connectivity index (χ4n) is 1.45. The van der Waals surface area contributed by atoms with Crippen LogP contribution in [0.4, 0.5) is 13.2 Å². The van der Waals surface area contributed by atoms with Gasteiger partial charge in [0.1, 0.15) is 11.3 Å². The molecule has 0 saturated heterocycles. The number of carbonyl (C=O) groups is 2. The van der Waals surface area contributed by atoms with E-state index in [-0.39, 0.29) is 11.5 Å². The number of amides is 1. The van der Waals surface area contributed by atoms with Crippen molar-refractivity contribution in [2.75, 3.05) is 6.54 Å². The van der Waals surface area contributed by atoms with Gasteiger partial charge < -0.3 is 15.2 Å². The van der Waals surface area contributed by atoms with Crippen molar-refractivity contribution in [1.29, 1.82) is 0 Å². The van der Waals surface area contributed by atoms with Crippen molar-refractivity contribution in [2.45, 2.75) is 19.7 Å². The molecule has 0 atom stereocenters. The van der Waals surface area contributed by atoms with Crippen molar-refractivity contribution in [3.63, 3.8) is 0 Å². The van der Waals surface area contributed by atoms with E-state index < -0.39 is 23.6 Å². The summed E-state index contributed by atoms with van der Waals surface area (Å²) >= 11 is 0. The van der Waals surface area contributed by atoms with Crippen molar-refractivity contribution in [3.05, 3.63) is 29.3 Å². The second-order valence-corrected chi connectivity index (χ2v) is 4.10. The highest BCUT2D eigenvalue weighted by Crippen LogP contribution is 2.27. The number of hydrogen-bond acceptors (Lipinski definition) is 3. The number of halogens is 3. The van der Waals surface area contributed by atoms with E-state index in [2.05, 4.69) is 21.9 Å². The monoisotopic (exact) mass is 315 g/mol. The Balaban J connectivity index is 2.90. The first kappa shape index (κ1) is 17.4. The Labute approximate surface area is 124 Å². The predicted octanol–water partition coefficient (Wildman–Crippen LogP) is 2.16. The standard InChI is InChI=1S/C14H12F3NO4/c1-9(19)18-7-3-2-4-10-5-6-11(13(20)21)12(8-10)22-14(15,16)17/h5-6,8H,3,7H2,1H3,(H,18,19)(H,20,21). The first-order valence-electron chi connectivity index (χ1n) is 6.05. The Hall–Kier alpha value is -2.69. The van der Waals surface area contributed by atoms with E-state index in [1.165, 1.54) is 13.0 Å². The quantitative estimate of drug-likeness (QED) is 0.659. The van der Waals surface area contributed by atoms with Crippen LogP contribution in [0.2, 0.25) is 0 Å². The summed E-state index contributed by atoms with van der Waals surface area (Å²) in [4.78, 5) is 21.5. The first-order chi connectivity index (χ1) is 10.2. The van der Waals surface area contributed by atoms with Gasteiger partial charge in [0.15, 0.2) is 0 Å². The topological polar surface area (TPSA) is 75.6 Å². The third kappa shape index (κ3) is 6.17. The van der Waals surface area contributed by atoms with Crippen LogP contribution < -0.4 is 10.1 Å². The molecule has 1 aromatic carbocycles. The van der Waals surface area contributed by atoms with Crippen LogP contribution in [0.15, 0.2) is 18.2 Å². The number of nitrogens with one attached hydrogen (secondary N) is 1. The Kier molecular flexibility index (Phi) is 5.81. The van der Waals surface area contributed by atoms with Crippen LogP contribution in [-0.4, -0.2) is 29.9 Å². The summed E-state index contributed by atoms with van der Waals surface area (Å²) in [5, 5.41) is 11.3. The maximum absolute atomic E-state index is 12.3. The highest BCUT2D eigenvalue weighted by Gasteiger charge is 2.33. The lowest BCUT2D eigenvalue weighted by molar-refractivity contribution is -0.274. The fourth-order valence-corrected chi connectivity index (χ4v) is 1.45. The number of rotatable bonds is 4. The van der Waals surface area contributed by atoms with Crippen molar-refractivity contribution >= 4 is 11.9 Å². The van der Waals surface area contributed by atoms with E-state index in [4.69, 9.17) is 5.11 Å². The first-order valence-corrected chi connectivity index (χ1v) is 6.05. The van der Waals surface area contributed by atoms with Crippen LogP contribution in [0.5, 0.6) is 5.75 Å². The summed E-state index contributed by atoms with van der Waals surface area (Å²) in [5.74, 6) is 2.64. The molecule has 1 amide bonds. The zero-order chi connectivity index (χ0) is 16.8. The van der Waals surface area contributed by atoms with E-state index in [0.717, 1.165) is 12.1 Å². The van der Waals surface area contributed by atoms with E-state index in [0.29, 0.717) is 13.0 Å². The smallest absolute Gasteiger partial charge is 0.478 e. The molecule has 5 nitrogen and oxygen atoms in total. The summed E-state index contributed by atoms with van der Waals surface area (Å²) in [7, 11) is 0. The number of benzene rings is 1. The zero-order valence-electron chi connectivity index (χ0n) is 11.5. The molecule has 0 saturated carbocycles. The highest BCUT2D eigenvalue weighted by molar-refractivity contribution is 5.91. The van der Waals surface area contributed by atoms with E-state index in [9.17, 15) is 22.8 Å². The van der Waals surface area contributed by atoms with Gasteiger partial charge in [0, 0.05) is 25.5 Å². The molecular formula is C14H12F3NO4. The van der Waals surface area contributed by atoms with Gasteiger partial charge in [0.25, 0.3) is 0 Å². The minimum Gasteiger partial charge on any atom is -0.478 e. The van der Waals surface area contributed by atoms with Crippen LogP contribution in [0.25, 0.3) is 0 Å². The number of carbonyl (C=O) groups excluding carboxylic acids is 1. The lowest BCUT2D eigenvalue weighted by Crippen LogP contribution is -2.20. The Morgan fingerprint density at radius 2 is 2.05 bits per heavy atom. The van der Waals surface area contributed by atoms with Crippen molar-refractivity contribution in [2.24, 2.45) is 0 Å². The highest BCUT2D eigenvalue weighted by atomic mass is 19.4. The summed E-state index contributed by atoms with van der Waals surface area (Å²) < 4.78 is 40.4. The molecule has 0 spiro atoms. The van der Waals surface area contributed by atoms with Gasteiger partial charge in [0.2, 0.25) is 5.91 Å². The third-order valence-electron chi connectivity index (χ3n) is 2.29. The van der Waals surface area contributed by atoms with Crippen molar-refractivity contribution in [3.8, 4) is 17.6 Å². The van der Waals surface area contributed by atoms with E-state index in [1.807, 2.05) is 0 Å². The second kappa shape index (κ2) is 7.36. The Morgan fingerprint density at radius 3 is 2.59 bits per heavy atom. The number of ether oxygens (including phenoxy) is 1. The van der Waals surface area contributed by atoms with Crippen LogP contribution in [0, 0.1) is 11.8 Å². The number of alkyl halides is 3. The molecular weight excluding hydrogens is 303 g/mol. The summed E-state index contributed by atoms with van der Waals surface area (Å²) in [6, 6.07) is 3.17. The molecule has 8 heteroatoms. The van der Waals surface area contributed by atoms with Gasteiger partial charge in [-0.2, -0.15) is 0 Å². The average molecular weight is 315 g/mol. The molecule has 1 aromatic rings. The molecule has 0 bridgehead atoms. The number of carboxylic acids is 1. The van der Waals surface area contributed by atoms with Crippen LogP contribution in [0.1, 0.15) is 29.3 Å². The predicted molar refractivity (Wildman–Crippen MR) is 70.3 cm³/mol. The number of carboxylic acid groups (broad SMARTS) is 1. The molecule has 118 valence electrons. The number of hydrogen-bond donors (Lipinski definition) is 2. The van der Waals surface area contributed by atoms with Gasteiger partial charge in [-0.25, -0.2) is 4.79 Å². The molecule has 22 heavy (non-hydrogen) atoms. The van der Waals surface area contributed by atoms with Gasteiger partial charge in [0.05, 0.1) is 0 Å². The third-order valence-corrected chi connectivity index (χ3v) is 2.29. The van der Waals surface area contributed by atoms with Crippen LogP contribution >= 0.6 is 0 Å². The zero-order valence-corrected chi connectivity index (χ0v) is 11.5. The molecule has 0 aliphatic heterocycles. The fraction of sp³-hybridized carbons (Fsp3) is 0.286. The molecule has 2 N–H and O–H groups in total. The summed E-state index contributed by atoms with van der Waals surface area (Å²) in [6.07, 6.45) is -4.70. The van der Waals surface area contributed by atoms with Crippen molar-refractivity contribution in [1.82, 2.24) is 5.32 Å². The minimum absolute atomic E-state index is 0.173. The van der Waals surface area contributed by atoms with Gasteiger partial charge in [-0.15, -0.1) is 13.2 Å². The molecule has 0 unspecified atom stereocenters. The minimum atomic E-state index is -5.00. The number of aromatic carboxylic acids is 1. The maximum Gasteiger partial charge on any atom is 0.573 e. The lowest BCUT2D eigenvalue weighted by Gasteiger charge is -2.11. The second-order valence-electron chi connectivity index (χ2n) is 4.10. The van der Waals surface area contributed by atoms with Gasteiger partial charge >= 0.3 is 12.3 Å². The van der Waals surface area contributed by atoms with Gasteiger partial charge in [-0.3, -0.25) is 4.79 Å². The summed E-state index contributed by atoms with van der Waals surface area (Å²) in [6.45, 7) is 1.65. The molecule has 1 rings (SSSR count).